The number of hydrazone groups is 1. The van der Waals surface area contributed by atoms with Gasteiger partial charge in [-0.2, -0.15) is 5.10 Å². The molecule has 2 aromatic carbocycles. The molecule has 8 heteroatoms. The van der Waals surface area contributed by atoms with E-state index in [9.17, 15) is 14.7 Å². The monoisotopic (exact) mass is 405 g/mol. The summed E-state index contributed by atoms with van der Waals surface area (Å²) in [5.41, 5.74) is 3.21. The fourth-order valence-electron chi connectivity index (χ4n) is 1.85. The van der Waals surface area contributed by atoms with Crippen molar-refractivity contribution in [1.82, 2.24) is 5.43 Å². The summed E-state index contributed by atoms with van der Waals surface area (Å²) in [6, 6.07) is 11.5. The Morgan fingerprint density at radius 2 is 2.04 bits per heavy atom. The van der Waals surface area contributed by atoms with Crippen LogP contribution in [0.3, 0.4) is 0 Å². The van der Waals surface area contributed by atoms with Crippen LogP contribution in [0.1, 0.15) is 12.5 Å². The molecule has 0 radical (unpaired) electrons. The van der Waals surface area contributed by atoms with Crippen molar-refractivity contribution in [2.75, 3.05) is 11.9 Å². The summed E-state index contributed by atoms with van der Waals surface area (Å²) in [4.78, 5) is 23.5. The fraction of sp³-hybridized carbons (Fsp3) is 0.118. The summed E-state index contributed by atoms with van der Waals surface area (Å²) in [5.74, 6) is -1.42. The van der Waals surface area contributed by atoms with E-state index in [1.165, 1.54) is 12.3 Å². The molecule has 25 heavy (non-hydrogen) atoms. The molecule has 0 atom stereocenters. The van der Waals surface area contributed by atoms with Crippen molar-refractivity contribution in [2.24, 2.45) is 5.10 Å². The number of phenols is 1. The van der Waals surface area contributed by atoms with Gasteiger partial charge in [-0.3, -0.25) is 9.59 Å². The van der Waals surface area contributed by atoms with E-state index in [0.29, 0.717) is 23.6 Å². The van der Waals surface area contributed by atoms with Crippen LogP contribution >= 0.6 is 15.9 Å². The third-order valence-corrected chi connectivity index (χ3v) is 3.45. The summed E-state index contributed by atoms with van der Waals surface area (Å²) >= 11 is 3.28. The number of carbonyl (C=O) groups excluding carboxylic acids is 2. The Balaban J connectivity index is 1.93. The Morgan fingerprint density at radius 1 is 1.24 bits per heavy atom. The largest absolute Gasteiger partial charge is 0.504 e. The van der Waals surface area contributed by atoms with Crippen LogP contribution in [0, 0.1) is 0 Å². The molecular weight excluding hydrogens is 390 g/mol. The molecule has 2 aromatic rings. The van der Waals surface area contributed by atoms with Crippen LogP contribution in [0.25, 0.3) is 0 Å². The van der Waals surface area contributed by atoms with Crippen LogP contribution in [0.15, 0.2) is 52.0 Å². The lowest BCUT2D eigenvalue weighted by Crippen LogP contribution is -2.32. The molecule has 7 nitrogen and oxygen atoms in total. The highest BCUT2D eigenvalue weighted by atomic mass is 79.9. The smallest absolute Gasteiger partial charge is 0.329 e. The van der Waals surface area contributed by atoms with Crippen molar-refractivity contribution >= 4 is 39.6 Å². The fourth-order valence-corrected chi connectivity index (χ4v) is 2.25. The zero-order valence-corrected chi connectivity index (χ0v) is 14.9. The lowest BCUT2D eigenvalue weighted by molar-refractivity contribution is -0.136. The Bertz CT molecular complexity index is 808. The van der Waals surface area contributed by atoms with Crippen LogP contribution < -0.4 is 15.5 Å². The number of anilines is 1. The highest BCUT2D eigenvalue weighted by Gasteiger charge is 2.12. The number of rotatable bonds is 5. The topological polar surface area (TPSA) is 100 Å². The van der Waals surface area contributed by atoms with Gasteiger partial charge in [0, 0.05) is 10.2 Å². The molecule has 0 aromatic heterocycles. The van der Waals surface area contributed by atoms with E-state index in [2.05, 4.69) is 31.8 Å². The summed E-state index contributed by atoms with van der Waals surface area (Å²) in [5, 5.41) is 15.8. The Morgan fingerprint density at radius 3 is 2.76 bits per heavy atom. The number of hydrogen-bond donors (Lipinski definition) is 3. The van der Waals surface area contributed by atoms with E-state index >= 15 is 0 Å². The SMILES string of the molecule is CCOc1cc(C=NNC(=O)C(=O)Nc2cccc(Br)c2)ccc1O. The number of nitrogens with zero attached hydrogens (tertiary/aromatic N) is 1. The van der Waals surface area contributed by atoms with E-state index in [0.717, 1.165) is 4.47 Å². The van der Waals surface area contributed by atoms with E-state index < -0.39 is 11.8 Å². The number of carbonyl (C=O) groups is 2. The van der Waals surface area contributed by atoms with Gasteiger partial charge in [0.05, 0.1) is 12.8 Å². The highest BCUT2D eigenvalue weighted by molar-refractivity contribution is 9.10. The van der Waals surface area contributed by atoms with Gasteiger partial charge >= 0.3 is 11.8 Å². The molecule has 0 saturated heterocycles. The maximum atomic E-state index is 11.8. The summed E-state index contributed by atoms with van der Waals surface area (Å²) in [6.45, 7) is 2.20. The van der Waals surface area contributed by atoms with Crippen molar-refractivity contribution in [3.8, 4) is 11.5 Å². The van der Waals surface area contributed by atoms with E-state index in [1.807, 2.05) is 0 Å². The van der Waals surface area contributed by atoms with Gasteiger partial charge in [0.1, 0.15) is 0 Å². The molecule has 2 amide bonds. The Hall–Kier alpha value is -2.87. The molecule has 0 aliphatic rings. The van der Waals surface area contributed by atoms with Gasteiger partial charge in [-0.1, -0.05) is 22.0 Å². The summed E-state index contributed by atoms with van der Waals surface area (Å²) in [7, 11) is 0. The van der Waals surface area contributed by atoms with Gasteiger partial charge in [-0.05, 0) is 48.9 Å². The third kappa shape index (κ3) is 5.61. The second-order valence-electron chi connectivity index (χ2n) is 4.82. The van der Waals surface area contributed by atoms with Crippen LogP contribution in [0.5, 0.6) is 11.5 Å². The standard InChI is InChI=1S/C17H16BrN3O4/c1-2-25-15-8-11(6-7-14(15)22)10-19-21-17(24)16(23)20-13-5-3-4-12(18)9-13/h3-10,22H,2H2,1H3,(H,20,23)(H,21,24). The lowest BCUT2D eigenvalue weighted by atomic mass is 10.2. The van der Waals surface area contributed by atoms with Crippen molar-refractivity contribution < 1.29 is 19.4 Å². The zero-order chi connectivity index (χ0) is 18.2. The van der Waals surface area contributed by atoms with E-state index in [4.69, 9.17) is 4.74 Å². The molecule has 0 saturated carbocycles. The first-order valence-electron chi connectivity index (χ1n) is 7.35. The molecule has 0 aliphatic carbocycles. The number of phenolic OH excluding ortho intramolecular Hbond substituents is 1. The minimum absolute atomic E-state index is 0.0106. The number of nitrogens with one attached hydrogen (secondary N) is 2. The van der Waals surface area contributed by atoms with E-state index in [1.54, 1.807) is 43.3 Å². The maximum Gasteiger partial charge on any atom is 0.329 e. The van der Waals surface area contributed by atoms with Gasteiger partial charge in [0.15, 0.2) is 11.5 Å². The van der Waals surface area contributed by atoms with Crippen LogP contribution in [0.4, 0.5) is 5.69 Å². The predicted molar refractivity (Wildman–Crippen MR) is 97.8 cm³/mol. The molecule has 130 valence electrons. The van der Waals surface area contributed by atoms with Crippen LogP contribution in [0.2, 0.25) is 0 Å². The van der Waals surface area contributed by atoms with Gasteiger partial charge in [0.2, 0.25) is 0 Å². The van der Waals surface area contributed by atoms with Gasteiger partial charge in [-0.25, -0.2) is 5.43 Å². The van der Waals surface area contributed by atoms with Crippen molar-refractivity contribution in [1.29, 1.82) is 0 Å². The number of ether oxygens (including phenoxy) is 1. The molecule has 0 heterocycles. The number of aromatic hydroxyl groups is 1. The molecule has 0 aliphatic heterocycles. The number of amides is 2. The summed E-state index contributed by atoms with van der Waals surface area (Å²) in [6.07, 6.45) is 1.34. The zero-order valence-electron chi connectivity index (χ0n) is 13.3. The minimum atomic E-state index is -0.903. The first-order valence-corrected chi connectivity index (χ1v) is 8.14. The van der Waals surface area contributed by atoms with Crippen LogP contribution in [-0.2, 0) is 9.59 Å². The molecular formula is C17H16BrN3O4. The Kier molecular flexibility index (Phi) is 6.53. The molecule has 2 rings (SSSR count). The summed E-state index contributed by atoms with van der Waals surface area (Å²) < 4.78 is 6.03. The maximum absolute atomic E-state index is 11.8. The first-order chi connectivity index (χ1) is 12.0. The number of hydrogen-bond acceptors (Lipinski definition) is 5. The lowest BCUT2D eigenvalue weighted by Gasteiger charge is -2.06. The quantitative estimate of drug-likeness (QED) is 0.404. The third-order valence-electron chi connectivity index (χ3n) is 2.95. The van der Waals surface area contributed by atoms with Gasteiger partial charge < -0.3 is 15.2 Å². The average molecular weight is 406 g/mol. The number of halogens is 1. The molecule has 0 unspecified atom stereocenters. The van der Waals surface area contributed by atoms with Crippen molar-refractivity contribution in [3.05, 3.63) is 52.5 Å². The second kappa shape index (κ2) is 8.84. The Labute approximate surface area is 152 Å². The van der Waals surface area contributed by atoms with Crippen molar-refractivity contribution in [2.45, 2.75) is 6.92 Å². The molecule has 0 bridgehead atoms. The van der Waals surface area contributed by atoms with Crippen molar-refractivity contribution in [3.63, 3.8) is 0 Å². The average Bonchev–Trinajstić information content (AvgIpc) is 2.58. The second-order valence-corrected chi connectivity index (χ2v) is 5.74. The van der Waals surface area contributed by atoms with Crippen LogP contribution in [-0.4, -0.2) is 29.7 Å². The van der Waals surface area contributed by atoms with Gasteiger partial charge in [0.25, 0.3) is 0 Å². The predicted octanol–water partition coefficient (Wildman–Crippen LogP) is 2.64. The highest BCUT2D eigenvalue weighted by Crippen LogP contribution is 2.26. The first kappa shape index (κ1) is 18.5. The molecule has 3 N–H and O–H groups in total. The number of benzene rings is 2. The van der Waals surface area contributed by atoms with Gasteiger partial charge in [-0.15, -0.1) is 0 Å². The minimum Gasteiger partial charge on any atom is -0.504 e. The molecule has 0 fully saturated rings. The normalized spacial score (nSPS) is 10.5. The molecule has 0 spiro atoms. The van der Waals surface area contributed by atoms with E-state index in [-0.39, 0.29) is 5.75 Å².